The van der Waals surface area contributed by atoms with Crippen LogP contribution in [0.1, 0.15) is 47.3 Å². The predicted molar refractivity (Wildman–Crippen MR) is 84.0 cm³/mol. The summed E-state index contributed by atoms with van der Waals surface area (Å²) >= 11 is 0. The molecule has 0 atom stereocenters. The van der Waals surface area contributed by atoms with E-state index in [0.717, 1.165) is 36.1 Å². The predicted octanol–water partition coefficient (Wildman–Crippen LogP) is 2.03. The molecule has 0 bridgehead atoms. The normalized spacial score (nSPS) is 13.8. The highest BCUT2D eigenvalue weighted by Gasteiger charge is 2.18. The van der Waals surface area contributed by atoms with Crippen molar-refractivity contribution in [2.75, 3.05) is 27.3 Å². The van der Waals surface area contributed by atoms with Crippen molar-refractivity contribution in [1.29, 1.82) is 0 Å². The van der Waals surface area contributed by atoms with Gasteiger partial charge in [0.05, 0.1) is 0 Å². The van der Waals surface area contributed by atoms with E-state index in [1.807, 2.05) is 13.1 Å². The van der Waals surface area contributed by atoms with Crippen LogP contribution in [0.4, 0.5) is 0 Å². The Morgan fingerprint density at radius 2 is 2.23 bits per heavy atom. The average Bonchev–Trinajstić information content (AvgIpc) is 2.52. The lowest BCUT2D eigenvalue weighted by Crippen LogP contribution is -2.29. The highest BCUT2D eigenvalue weighted by Crippen LogP contribution is 2.21. The van der Waals surface area contributed by atoms with Gasteiger partial charge in [0.25, 0.3) is 0 Å². The van der Waals surface area contributed by atoms with Gasteiger partial charge in [-0.25, -0.2) is 0 Å². The number of ketones is 1. The summed E-state index contributed by atoms with van der Waals surface area (Å²) in [6, 6.07) is 2.02. The molecule has 0 saturated carbocycles. The Balaban J connectivity index is 1.86. The van der Waals surface area contributed by atoms with E-state index in [1.165, 1.54) is 0 Å². The average molecular weight is 304 g/mol. The summed E-state index contributed by atoms with van der Waals surface area (Å²) in [5.41, 5.74) is 2.83. The lowest BCUT2D eigenvalue weighted by Gasteiger charge is -2.18. The second-order valence-corrected chi connectivity index (χ2v) is 5.77. The molecular weight excluding hydrogens is 280 g/mol. The van der Waals surface area contributed by atoms with Gasteiger partial charge in [-0.1, -0.05) is 0 Å². The second kappa shape index (κ2) is 8.03. The lowest BCUT2D eigenvalue weighted by molar-refractivity contribution is -0.130. The Hall–Kier alpha value is -1.75. The number of likely N-dealkylation sites (N-methyl/N-ethyl adjacent to an activating group) is 1. The minimum Gasteiger partial charge on any atom is -0.385 e. The van der Waals surface area contributed by atoms with Gasteiger partial charge in [-0.3, -0.25) is 14.6 Å². The number of ether oxygens (including phenoxy) is 1. The summed E-state index contributed by atoms with van der Waals surface area (Å²) in [5, 5.41) is 0. The van der Waals surface area contributed by atoms with E-state index in [9.17, 15) is 9.59 Å². The summed E-state index contributed by atoms with van der Waals surface area (Å²) in [6.45, 7) is 1.26. The molecule has 0 radical (unpaired) electrons. The second-order valence-electron chi connectivity index (χ2n) is 5.77. The number of hydrogen-bond acceptors (Lipinski definition) is 4. The first-order valence-electron chi connectivity index (χ1n) is 7.85. The largest absolute Gasteiger partial charge is 0.385 e. The smallest absolute Gasteiger partial charge is 0.222 e. The van der Waals surface area contributed by atoms with Gasteiger partial charge in [0, 0.05) is 64.0 Å². The molecule has 1 amide bonds. The van der Waals surface area contributed by atoms with Crippen LogP contribution >= 0.6 is 0 Å². The Morgan fingerprint density at radius 1 is 1.41 bits per heavy atom. The number of nitrogens with zero attached hydrogens (tertiary/aromatic N) is 2. The standard InChI is InChI=1S/C17H24N2O3/c1-19(17(21)7-4-10-22-2)9-8-14-11-13-5-3-6-16(20)15(13)12-18-14/h11-12H,3-10H2,1-2H3. The van der Waals surface area contributed by atoms with Crippen molar-refractivity contribution in [3.63, 3.8) is 0 Å². The first-order chi connectivity index (χ1) is 10.6. The minimum absolute atomic E-state index is 0.130. The Labute approximate surface area is 131 Å². The van der Waals surface area contributed by atoms with Gasteiger partial charge < -0.3 is 9.64 Å². The molecule has 0 spiro atoms. The monoisotopic (exact) mass is 304 g/mol. The van der Waals surface area contributed by atoms with Crippen molar-refractivity contribution in [2.45, 2.75) is 38.5 Å². The minimum atomic E-state index is 0.130. The van der Waals surface area contributed by atoms with Crippen molar-refractivity contribution in [2.24, 2.45) is 0 Å². The molecule has 0 aliphatic heterocycles. The van der Waals surface area contributed by atoms with E-state index in [2.05, 4.69) is 4.98 Å². The zero-order valence-electron chi connectivity index (χ0n) is 13.4. The topological polar surface area (TPSA) is 59.5 Å². The van der Waals surface area contributed by atoms with Gasteiger partial charge in [-0.15, -0.1) is 0 Å². The molecule has 1 aromatic rings. The van der Waals surface area contributed by atoms with Crippen LogP contribution < -0.4 is 0 Å². The molecule has 0 aromatic carbocycles. The number of fused-ring (bicyclic) bond motifs is 1. The number of hydrogen-bond donors (Lipinski definition) is 0. The number of methoxy groups -OCH3 is 1. The molecule has 5 nitrogen and oxygen atoms in total. The fraction of sp³-hybridized carbons (Fsp3) is 0.588. The van der Waals surface area contributed by atoms with Crippen LogP contribution in [-0.4, -0.2) is 48.9 Å². The maximum absolute atomic E-state index is 11.9. The molecule has 2 rings (SSSR count). The van der Waals surface area contributed by atoms with E-state index in [-0.39, 0.29) is 11.7 Å². The molecule has 0 fully saturated rings. The zero-order valence-corrected chi connectivity index (χ0v) is 13.4. The number of Topliss-reactive ketones (excluding diaryl/α,β-unsaturated/α-hetero) is 1. The number of carbonyl (C=O) groups is 2. The van der Waals surface area contributed by atoms with Crippen molar-refractivity contribution >= 4 is 11.7 Å². The molecular formula is C17H24N2O3. The Kier molecular flexibility index (Phi) is 6.07. The zero-order chi connectivity index (χ0) is 15.9. The van der Waals surface area contributed by atoms with Crippen LogP contribution in [0.15, 0.2) is 12.3 Å². The summed E-state index contributed by atoms with van der Waals surface area (Å²) in [7, 11) is 3.46. The van der Waals surface area contributed by atoms with Gasteiger partial charge >= 0.3 is 0 Å². The molecule has 1 heterocycles. The van der Waals surface area contributed by atoms with Crippen molar-refractivity contribution in [1.82, 2.24) is 9.88 Å². The van der Waals surface area contributed by atoms with Crippen LogP contribution in [0.2, 0.25) is 0 Å². The van der Waals surface area contributed by atoms with E-state index < -0.39 is 0 Å². The van der Waals surface area contributed by atoms with E-state index >= 15 is 0 Å². The highest BCUT2D eigenvalue weighted by atomic mass is 16.5. The third kappa shape index (κ3) is 4.37. The Morgan fingerprint density at radius 3 is 3.00 bits per heavy atom. The fourth-order valence-corrected chi connectivity index (χ4v) is 2.68. The lowest BCUT2D eigenvalue weighted by atomic mass is 9.91. The first kappa shape index (κ1) is 16.6. The number of aromatic nitrogens is 1. The van der Waals surface area contributed by atoms with Crippen molar-refractivity contribution < 1.29 is 14.3 Å². The van der Waals surface area contributed by atoms with E-state index in [0.29, 0.717) is 32.4 Å². The van der Waals surface area contributed by atoms with Gasteiger partial charge in [0.15, 0.2) is 5.78 Å². The molecule has 0 saturated heterocycles. The molecule has 0 N–H and O–H groups in total. The van der Waals surface area contributed by atoms with E-state index in [1.54, 1.807) is 18.2 Å². The summed E-state index contributed by atoms with van der Waals surface area (Å²) in [4.78, 5) is 29.8. The van der Waals surface area contributed by atoms with Crippen LogP contribution in [-0.2, 0) is 22.4 Å². The molecule has 120 valence electrons. The summed E-state index contributed by atoms with van der Waals surface area (Å²) < 4.78 is 4.95. The number of aryl methyl sites for hydroxylation is 1. The van der Waals surface area contributed by atoms with Crippen molar-refractivity contribution in [3.8, 4) is 0 Å². The summed E-state index contributed by atoms with van der Waals surface area (Å²) in [6.07, 6.45) is 6.18. The molecule has 22 heavy (non-hydrogen) atoms. The molecule has 5 heteroatoms. The first-order valence-corrected chi connectivity index (χ1v) is 7.85. The maximum Gasteiger partial charge on any atom is 0.222 e. The molecule has 0 unspecified atom stereocenters. The number of rotatable bonds is 7. The quantitative estimate of drug-likeness (QED) is 0.723. The highest BCUT2D eigenvalue weighted by molar-refractivity contribution is 5.98. The van der Waals surface area contributed by atoms with Crippen molar-refractivity contribution in [3.05, 3.63) is 29.1 Å². The maximum atomic E-state index is 11.9. The number of amides is 1. The third-order valence-corrected chi connectivity index (χ3v) is 4.06. The van der Waals surface area contributed by atoms with E-state index in [4.69, 9.17) is 4.74 Å². The van der Waals surface area contributed by atoms with Gasteiger partial charge in [-0.05, 0) is 30.9 Å². The van der Waals surface area contributed by atoms with Gasteiger partial charge in [0.1, 0.15) is 0 Å². The van der Waals surface area contributed by atoms with Gasteiger partial charge in [0.2, 0.25) is 5.91 Å². The summed E-state index contributed by atoms with van der Waals surface area (Å²) in [5.74, 6) is 0.330. The molecule has 1 aromatic heterocycles. The van der Waals surface area contributed by atoms with Crippen LogP contribution in [0.3, 0.4) is 0 Å². The Bertz CT molecular complexity index is 543. The van der Waals surface area contributed by atoms with Crippen LogP contribution in [0.5, 0.6) is 0 Å². The third-order valence-electron chi connectivity index (χ3n) is 4.06. The number of pyridine rings is 1. The SMILES string of the molecule is COCCCC(=O)N(C)CCc1cc2c(cn1)C(=O)CCC2. The van der Waals surface area contributed by atoms with Gasteiger partial charge in [-0.2, -0.15) is 0 Å². The van der Waals surface area contributed by atoms with Crippen LogP contribution in [0.25, 0.3) is 0 Å². The fourth-order valence-electron chi connectivity index (χ4n) is 2.68. The number of carbonyl (C=O) groups excluding carboxylic acids is 2. The molecule has 1 aliphatic rings. The van der Waals surface area contributed by atoms with Crippen LogP contribution in [0, 0.1) is 0 Å². The molecule has 1 aliphatic carbocycles.